The van der Waals surface area contributed by atoms with Crippen LogP contribution in [0.5, 0.6) is 0 Å². The molecule has 0 aliphatic rings. The zero-order chi connectivity index (χ0) is 24.2. The van der Waals surface area contributed by atoms with E-state index in [0.717, 1.165) is 28.2 Å². The number of benzene rings is 3. The van der Waals surface area contributed by atoms with Crippen LogP contribution < -0.4 is 5.32 Å². The number of amides is 1. The number of hydrogen-bond donors (Lipinski definition) is 1. The van der Waals surface area contributed by atoms with E-state index < -0.39 is 0 Å². The molecule has 0 radical (unpaired) electrons. The summed E-state index contributed by atoms with van der Waals surface area (Å²) in [6.07, 6.45) is 2.38. The lowest BCUT2D eigenvalue weighted by molar-refractivity contribution is 0.0934. The van der Waals surface area contributed by atoms with Crippen molar-refractivity contribution < 1.29 is 4.79 Å². The maximum absolute atomic E-state index is 13.7. The Morgan fingerprint density at radius 1 is 0.886 bits per heavy atom. The molecule has 0 aliphatic carbocycles. The lowest BCUT2D eigenvalue weighted by Gasteiger charge is -2.21. The topological polar surface area (TPSA) is 59.3 Å². The summed E-state index contributed by atoms with van der Waals surface area (Å²) < 4.78 is 1.82. The van der Waals surface area contributed by atoms with Gasteiger partial charge in [-0.2, -0.15) is 5.10 Å². The van der Waals surface area contributed by atoms with Crippen molar-refractivity contribution >= 4 is 11.6 Å². The first-order chi connectivity index (χ1) is 17.1. The number of carbonyl (C=O) groups is 1. The number of rotatable bonds is 7. The number of nitrogens with zero attached hydrogens (tertiary/aromatic N) is 3. The molecule has 35 heavy (non-hydrogen) atoms. The van der Waals surface area contributed by atoms with Gasteiger partial charge in [0.05, 0.1) is 23.0 Å². The molecule has 5 nitrogen and oxygen atoms in total. The van der Waals surface area contributed by atoms with Gasteiger partial charge in [-0.05, 0) is 23.5 Å². The number of aromatic nitrogens is 3. The van der Waals surface area contributed by atoms with Gasteiger partial charge < -0.3 is 5.32 Å². The number of carbonyl (C=O) groups excluding carboxylic acids is 1. The average molecular weight is 461 g/mol. The molecule has 1 atom stereocenters. The second-order valence-electron chi connectivity index (χ2n) is 9.00. The van der Waals surface area contributed by atoms with Gasteiger partial charge in [-0.1, -0.05) is 105 Å². The van der Waals surface area contributed by atoms with Crippen LogP contribution in [0.4, 0.5) is 0 Å². The molecule has 2 aromatic heterocycles. The van der Waals surface area contributed by atoms with Crippen molar-refractivity contribution in [2.75, 3.05) is 0 Å². The molecular formula is C30H28N4O. The fourth-order valence-electron chi connectivity index (χ4n) is 4.46. The van der Waals surface area contributed by atoms with Crippen molar-refractivity contribution in [1.82, 2.24) is 19.9 Å². The Morgan fingerprint density at radius 3 is 2.17 bits per heavy atom. The van der Waals surface area contributed by atoms with Crippen LogP contribution in [0.1, 0.15) is 53.0 Å². The maximum Gasteiger partial charge on any atom is 0.255 e. The molecule has 2 heterocycles. The molecule has 0 bridgehead atoms. The van der Waals surface area contributed by atoms with E-state index in [0.29, 0.717) is 12.0 Å². The summed E-state index contributed by atoms with van der Waals surface area (Å²) >= 11 is 0. The highest BCUT2D eigenvalue weighted by Gasteiger charge is 2.23. The molecular weight excluding hydrogens is 432 g/mol. The van der Waals surface area contributed by atoms with Crippen molar-refractivity contribution in [3.63, 3.8) is 0 Å². The third-order valence-corrected chi connectivity index (χ3v) is 6.17. The SMILES string of the molecule is CC(C)c1c(C(=O)N[C@@H](Cc2ccccc2)c2ccccc2)cnc2cc(-c3ccccc3)nn12. The van der Waals surface area contributed by atoms with E-state index in [4.69, 9.17) is 5.10 Å². The van der Waals surface area contributed by atoms with Crippen molar-refractivity contribution in [2.45, 2.75) is 32.2 Å². The van der Waals surface area contributed by atoms with Gasteiger partial charge >= 0.3 is 0 Å². The van der Waals surface area contributed by atoms with Crippen LogP contribution in [0, 0.1) is 0 Å². The number of fused-ring (bicyclic) bond motifs is 1. The minimum Gasteiger partial charge on any atom is -0.345 e. The van der Waals surface area contributed by atoms with E-state index in [-0.39, 0.29) is 17.9 Å². The fraction of sp³-hybridized carbons (Fsp3) is 0.167. The van der Waals surface area contributed by atoms with Crippen molar-refractivity contribution in [3.05, 3.63) is 126 Å². The van der Waals surface area contributed by atoms with Crippen LogP contribution in [0.3, 0.4) is 0 Å². The molecule has 1 N–H and O–H groups in total. The Balaban J connectivity index is 1.51. The molecule has 0 saturated heterocycles. The van der Waals surface area contributed by atoms with Gasteiger partial charge in [-0.3, -0.25) is 4.79 Å². The monoisotopic (exact) mass is 460 g/mol. The minimum absolute atomic E-state index is 0.0778. The molecule has 3 aromatic carbocycles. The highest BCUT2D eigenvalue weighted by atomic mass is 16.1. The molecule has 5 aromatic rings. The van der Waals surface area contributed by atoms with Crippen LogP contribution >= 0.6 is 0 Å². The minimum atomic E-state index is -0.167. The molecule has 0 saturated carbocycles. The predicted molar refractivity (Wildman–Crippen MR) is 139 cm³/mol. The molecule has 1 amide bonds. The number of nitrogens with one attached hydrogen (secondary N) is 1. The molecule has 0 spiro atoms. The van der Waals surface area contributed by atoms with Gasteiger partial charge in [0, 0.05) is 17.8 Å². The van der Waals surface area contributed by atoms with Gasteiger partial charge in [-0.15, -0.1) is 0 Å². The lowest BCUT2D eigenvalue weighted by atomic mass is 9.98. The molecule has 5 heteroatoms. The third-order valence-electron chi connectivity index (χ3n) is 6.17. The standard InChI is InChI=1S/C30H28N4O/c1-21(2)29-25(20-31-28-19-27(33-34(28)29)24-16-10-5-11-17-24)30(35)32-26(23-14-8-4-9-15-23)18-22-12-6-3-7-13-22/h3-17,19-21,26H,18H2,1-2H3,(H,32,35)/t26-/m0/s1. The van der Waals surface area contributed by atoms with E-state index in [9.17, 15) is 4.79 Å². The summed E-state index contributed by atoms with van der Waals surface area (Å²) in [5.41, 5.74) is 6.21. The quantitative estimate of drug-likeness (QED) is 0.313. The van der Waals surface area contributed by atoms with Gasteiger partial charge in [-0.25, -0.2) is 9.50 Å². The second kappa shape index (κ2) is 9.94. The van der Waals surface area contributed by atoms with Gasteiger partial charge in [0.2, 0.25) is 0 Å². The third kappa shape index (κ3) is 4.85. The Bertz CT molecular complexity index is 1430. The molecule has 0 aliphatic heterocycles. The molecule has 0 unspecified atom stereocenters. The Morgan fingerprint density at radius 2 is 1.51 bits per heavy atom. The zero-order valence-electron chi connectivity index (χ0n) is 19.9. The van der Waals surface area contributed by atoms with Crippen LogP contribution in [-0.4, -0.2) is 20.5 Å². The average Bonchev–Trinajstić information content (AvgIpc) is 3.33. The maximum atomic E-state index is 13.7. The smallest absolute Gasteiger partial charge is 0.255 e. The summed E-state index contributed by atoms with van der Waals surface area (Å²) in [6, 6.07) is 32.1. The summed E-state index contributed by atoms with van der Waals surface area (Å²) in [7, 11) is 0. The summed E-state index contributed by atoms with van der Waals surface area (Å²) in [6.45, 7) is 4.15. The van der Waals surface area contributed by atoms with Crippen LogP contribution in [0.15, 0.2) is 103 Å². The van der Waals surface area contributed by atoms with Crippen molar-refractivity contribution in [2.24, 2.45) is 0 Å². The van der Waals surface area contributed by atoms with Gasteiger partial charge in [0.15, 0.2) is 5.65 Å². The van der Waals surface area contributed by atoms with E-state index in [1.54, 1.807) is 6.20 Å². The normalized spacial score (nSPS) is 12.1. The molecule has 0 fully saturated rings. The number of hydrogen-bond acceptors (Lipinski definition) is 3. The molecule has 5 rings (SSSR count). The summed E-state index contributed by atoms with van der Waals surface area (Å²) in [5, 5.41) is 8.10. The van der Waals surface area contributed by atoms with E-state index >= 15 is 0 Å². The first-order valence-electron chi connectivity index (χ1n) is 11.9. The molecule has 174 valence electrons. The van der Waals surface area contributed by atoms with Crippen molar-refractivity contribution in [3.8, 4) is 11.3 Å². The summed E-state index contributed by atoms with van der Waals surface area (Å²) in [5.74, 6) is -0.0706. The fourth-order valence-corrected chi connectivity index (χ4v) is 4.46. The Hall–Kier alpha value is -4.25. The van der Waals surface area contributed by atoms with Gasteiger partial charge in [0.1, 0.15) is 0 Å². The van der Waals surface area contributed by atoms with E-state index in [1.807, 2.05) is 77.3 Å². The van der Waals surface area contributed by atoms with Crippen LogP contribution in [0.25, 0.3) is 16.9 Å². The zero-order valence-corrected chi connectivity index (χ0v) is 19.9. The van der Waals surface area contributed by atoms with E-state index in [1.165, 1.54) is 5.56 Å². The largest absolute Gasteiger partial charge is 0.345 e. The first kappa shape index (κ1) is 22.5. The summed E-state index contributed by atoms with van der Waals surface area (Å²) in [4.78, 5) is 18.3. The van der Waals surface area contributed by atoms with Crippen LogP contribution in [-0.2, 0) is 6.42 Å². The lowest BCUT2D eigenvalue weighted by Crippen LogP contribution is -2.31. The second-order valence-corrected chi connectivity index (χ2v) is 9.00. The highest BCUT2D eigenvalue weighted by Crippen LogP contribution is 2.26. The first-order valence-corrected chi connectivity index (χ1v) is 11.9. The highest BCUT2D eigenvalue weighted by molar-refractivity contribution is 5.95. The predicted octanol–water partition coefficient (Wildman–Crippen LogP) is 6.23. The van der Waals surface area contributed by atoms with Gasteiger partial charge in [0.25, 0.3) is 5.91 Å². The Labute approximate surface area is 205 Å². The Kier molecular flexibility index (Phi) is 6.40. The van der Waals surface area contributed by atoms with Crippen molar-refractivity contribution in [1.29, 1.82) is 0 Å². The van der Waals surface area contributed by atoms with Crippen LogP contribution in [0.2, 0.25) is 0 Å². The van der Waals surface area contributed by atoms with E-state index in [2.05, 4.69) is 48.4 Å².